The number of nitrogens with zero attached hydrogens (tertiary/aromatic N) is 1. The summed E-state index contributed by atoms with van der Waals surface area (Å²) in [5.74, 6) is -1.49. The molecule has 0 fully saturated rings. The minimum absolute atomic E-state index is 0.0502. The van der Waals surface area contributed by atoms with E-state index in [-0.39, 0.29) is 10.2 Å². The Morgan fingerprint density at radius 1 is 1.33 bits per heavy atom. The van der Waals surface area contributed by atoms with Crippen LogP contribution in [-0.4, -0.2) is 0 Å². The third-order valence-corrected chi connectivity index (χ3v) is 1.81. The molecule has 0 spiro atoms. The zero-order chi connectivity index (χ0) is 9.14. The van der Waals surface area contributed by atoms with E-state index < -0.39 is 11.6 Å². The van der Waals surface area contributed by atoms with Crippen LogP contribution in [0.25, 0.3) is 0 Å². The lowest BCUT2D eigenvalue weighted by Gasteiger charge is -2.00. The molecule has 0 bridgehead atoms. The molecule has 0 unspecified atom stereocenters. The first-order valence-electron chi connectivity index (χ1n) is 2.95. The smallest absolute Gasteiger partial charge is 0.181 e. The van der Waals surface area contributed by atoms with Crippen molar-refractivity contribution in [1.82, 2.24) is 0 Å². The van der Waals surface area contributed by atoms with Crippen molar-refractivity contribution in [3.63, 3.8) is 0 Å². The molecule has 0 aliphatic heterocycles. The number of hydrogen-bond acceptors (Lipinski definition) is 2. The number of nitrogens with one attached hydrogen (secondary N) is 1. The summed E-state index contributed by atoms with van der Waals surface area (Å²) in [6, 6.07) is 1.86. The molecule has 0 heterocycles. The summed E-state index contributed by atoms with van der Waals surface area (Å²) in [4.78, 5) is 0. The summed E-state index contributed by atoms with van der Waals surface area (Å²) in [7, 11) is 0. The SMILES string of the molecule is N#CNc1cc(Br)c(F)cc1F. The van der Waals surface area contributed by atoms with Crippen LogP contribution in [0.15, 0.2) is 16.6 Å². The molecule has 1 rings (SSSR count). The molecule has 0 saturated carbocycles. The van der Waals surface area contributed by atoms with E-state index in [0.717, 1.165) is 6.07 Å². The predicted octanol–water partition coefficient (Wildman–Crippen LogP) is 2.62. The van der Waals surface area contributed by atoms with Gasteiger partial charge in [-0.1, -0.05) is 0 Å². The Morgan fingerprint density at radius 2 is 2.00 bits per heavy atom. The van der Waals surface area contributed by atoms with Crippen LogP contribution in [-0.2, 0) is 0 Å². The Balaban J connectivity index is 3.16. The van der Waals surface area contributed by atoms with Crippen LogP contribution in [0.4, 0.5) is 14.5 Å². The van der Waals surface area contributed by atoms with Gasteiger partial charge in [-0.3, -0.25) is 5.32 Å². The Kier molecular flexibility index (Phi) is 2.61. The normalized spacial score (nSPS) is 9.17. The molecule has 0 amide bonds. The first-order chi connectivity index (χ1) is 5.65. The van der Waals surface area contributed by atoms with Gasteiger partial charge in [0, 0.05) is 6.07 Å². The minimum atomic E-state index is -0.794. The monoisotopic (exact) mass is 232 g/mol. The van der Waals surface area contributed by atoms with Crippen molar-refractivity contribution in [3.8, 4) is 6.19 Å². The molecular weight excluding hydrogens is 230 g/mol. The van der Waals surface area contributed by atoms with E-state index in [1.165, 1.54) is 6.19 Å². The van der Waals surface area contributed by atoms with Crippen molar-refractivity contribution in [2.24, 2.45) is 0 Å². The average molecular weight is 233 g/mol. The van der Waals surface area contributed by atoms with Crippen LogP contribution in [0.5, 0.6) is 0 Å². The quantitative estimate of drug-likeness (QED) is 0.459. The Bertz CT molecular complexity index is 346. The van der Waals surface area contributed by atoms with Gasteiger partial charge in [0.1, 0.15) is 11.6 Å². The molecule has 12 heavy (non-hydrogen) atoms. The Morgan fingerprint density at radius 3 is 2.58 bits per heavy atom. The molecule has 0 aliphatic rings. The first kappa shape index (κ1) is 8.94. The highest BCUT2D eigenvalue weighted by molar-refractivity contribution is 9.10. The van der Waals surface area contributed by atoms with Crippen LogP contribution >= 0.6 is 15.9 Å². The van der Waals surface area contributed by atoms with Crippen LogP contribution < -0.4 is 5.32 Å². The maximum Gasteiger partial charge on any atom is 0.181 e. The van der Waals surface area contributed by atoms with Gasteiger partial charge in [0.05, 0.1) is 10.2 Å². The molecule has 1 aromatic carbocycles. The lowest BCUT2D eigenvalue weighted by atomic mass is 10.3. The molecule has 0 atom stereocenters. The van der Waals surface area contributed by atoms with Gasteiger partial charge in [-0.2, -0.15) is 5.26 Å². The molecule has 0 aliphatic carbocycles. The molecule has 5 heteroatoms. The second-order valence-corrected chi connectivity index (χ2v) is 2.84. The average Bonchev–Trinajstić information content (AvgIpc) is 2.01. The molecule has 1 aromatic rings. The van der Waals surface area contributed by atoms with Crippen molar-refractivity contribution in [1.29, 1.82) is 5.26 Å². The zero-order valence-corrected chi connectivity index (χ0v) is 7.32. The number of benzene rings is 1. The number of hydrogen-bond donors (Lipinski definition) is 1. The molecule has 1 N–H and O–H groups in total. The third kappa shape index (κ3) is 1.71. The lowest BCUT2D eigenvalue weighted by Crippen LogP contribution is -1.93. The van der Waals surface area contributed by atoms with Gasteiger partial charge in [0.2, 0.25) is 0 Å². The van der Waals surface area contributed by atoms with Gasteiger partial charge in [-0.25, -0.2) is 8.78 Å². The summed E-state index contributed by atoms with van der Waals surface area (Å²) in [6.45, 7) is 0. The van der Waals surface area contributed by atoms with Gasteiger partial charge in [0.25, 0.3) is 0 Å². The van der Waals surface area contributed by atoms with E-state index in [4.69, 9.17) is 5.26 Å². The third-order valence-electron chi connectivity index (χ3n) is 1.20. The van der Waals surface area contributed by atoms with Crippen molar-refractivity contribution >= 4 is 21.6 Å². The van der Waals surface area contributed by atoms with Crippen LogP contribution in [0.2, 0.25) is 0 Å². The molecule has 2 nitrogen and oxygen atoms in total. The number of nitriles is 1. The predicted molar refractivity (Wildman–Crippen MR) is 43.3 cm³/mol. The molecule has 62 valence electrons. The number of anilines is 1. The number of halogens is 3. The van der Waals surface area contributed by atoms with Crippen LogP contribution in [0.1, 0.15) is 0 Å². The minimum Gasteiger partial charge on any atom is -0.290 e. The van der Waals surface area contributed by atoms with Crippen LogP contribution in [0, 0.1) is 23.1 Å². The van der Waals surface area contributed by atoms with E-state index in [9.17, 15) is 8.78 Å². The molecule has 0 aromatic heterocycles. The first-order valence-corrected chi connectivity index (χ1v) is 3.74. The van der Waals surface area contributed by atoms with Gasteiger partial charge in [0.15, 0.2) is 6.19 Å². The lowest BCUT2D eigenvalue weighted by molar-refractivity contribution is 0.581. The van der Waals surface area contributed by atoms with Gasteiger partial charge in [-0.05, 0) is 22.0 Å². The highest BCUT2D eigenvalue weighted by Crippen LogP contribution is 2.23. The summed E-state index contributed by atoms with van der Waals surface area (Å²) < 4.78 is 25.5. The van der Waals surface area contributed by atoms with E-state index >= 15 is 0 Å². The fourth-order valence-corrected chi connectivity index (χ4v) is 1.02. The summed E-state index contributed by atoms with van der Waals surface area (Å²) in [6.07, 6.45) is 1.54. The number of rotatable bonds is 1. The van der Waals surface area contributed by atoms with Gasteiger partial charge >= 0.3 is 0 Å². The fourth-order valence-electron chi connectivity index (χ4n) is 0.679. The molecule has 0 saturated heterocycles. The van der Waals surface area contributed by atoms with E-state index in [2.05, 4.69) is 21.2 Å². The fraction of sp³-hybridized carbons (Fsp3) is 0. The zero-order valence-electron chi connectivity index (χ0n) is 5.74. The van der Waals surface area contributed by atoms with E-state index in [1.54, 1.807) is 0 Å². The molecule has 0 radical (unpaired) electrons. The summed E-state index contributed by atoms with van der Waals surface area (Å²) >= 11 is 2.86. The maximum absolute atomic E-state index is 12.7. The Labute approximate surface area is 75.9 Å². The highest BCUT2D eigenvalue weighted by Gasteiger charge is 2.06. The Hall–Kier alpha value is -1.15. The van der Waals surface area contributed by atoms with Crippen molar-refractivity contribution in [3.05, 3.63) is 28.2 Å². The van der Waals surface area contributed by atoms with E-state index in [0.29, 0.717) is 6.07 Å². The standard InChI is InChI=1S/C7H3BrF2N2/c8-4-1-7(12-3-11)6(10)2-5(4)9/h1-2,12H. The topological polar surface area (TPSA) is 35.8 Å². The second-order valence-electron chi connectivity index (χ2n) is 1.98. The maximum atomic E-state index is 12.7. The summed E-state index contributed by atoms with van der Waals surface area (Å²) in [5.41, 5.74) is -0.0502. The van der Waals surface area contributed by atoms with Gasteiger partial charge in [-0.15, -0.1) is 0 Å². The van der Waals surface area contributed by atoms with Crippen LogP contribution in [0.3, 0.4) is 0 Å². The van der Waals surface area contributed by atoms with Crippen molar-refractivity contribution < 1.29 is 8.78 Å². The van der Waals surface area contributed by atoms with Crippen molar-refractivity contribution in [2.75, 3.05) is 5.32 Å². The molecular formula is C7H3BrF2N2. The van der Waals surface area contributed by atoms with Gasteiger partial charge < -0.3 is 0 Å². The highest BCUT2D eigenvalue weighted by atomic mass is 79.9. The van der Waals surface area contributed by atoms with Crippen molar-refractivity contribution in [2.45, 2.75) is 0 Å². The largest absolute Gasteiger partial charge is 0.290 e. The van der Waals surface area contributed by atoms with E-state index in [1.807, 2.05) is 0 Å². The second kappa shape index (κ2) is 3.50. The summed E-state index contributed by atoms with van der Waals surface area (Å²) in [5, 5.41) is 10.2.